The van der Waals surface area contributed by atoms with Crippen LogP contribution in [-0.2, 0) is 10.0 Å². The van der Waals surface area contributed by atoms with Crippen molar-refractivity contribution in [2.45, 2.75) is 38.0 Å². The molecule has 0 aliphatic heterocycles. The maximum atomic E-state index is 13.6. The number of amides is 1. The second-order valence-electron chi connectivity index (χ2n) is 8.60. The molecule has 0 aliphatic carbocycles. The van der Waals surface area contributed by atoms with E-state index in [9.17, 15) is 13.2 Å². The fourth-order valence-corrected chi connectivity index (χ4v) is 6.44. The first-order chi connectivity index (χ1) is 16.7. The Morgan fingerprint density at radius 3 is 2.31 bits per heavy atom. The third kappa shape index (κ3) is 7.40. The molecule has 0 N–H and O–H groups in total. The van der Waals surface area contributed by atoms with E-state index in [0.29, 0.717) is 35.4 Å². The molecule has 36 heavy (non-hydrogen) atoms. The van der Waals surface area contributed by atoms with Gasteiger partial charge in [-0.25, -0.2) is 13.4 Å². The van der Waals surface area contributed by atoms with E-state index in [-0.39, 0.29) is 23.2 Å². The third-order valence-electron chi connectivity index (χ3n) is 5.66. The summed E-state index contributed by atoms with van der Waals surface area (Å²) in [6.45, 7) is 6.07. The van der Waals surface area contributed by atoms with Gasteiger partial charge in [0.1, 0.15) is 0 Å². The summed E-state index contributed by atoms with van der Waals surface area (Å²) in [5.41, 5.74) is 1.20. The van der Waals surface area contributed by atoms with Crippen molar-refractivity contribution >= 4 is 66.6 Å². The van der Waals surface area contributed by atoms with Gasteiger partial charge in [0.05, 0.1) is 15.1 Å². The zero-order valence-electron chi connectivity index (χ0n) is 21.1. The van der Waals surface area contributed by atoms with Crippen LogP contribution in [0.4, 0.5) is 5.13 Å². The summed E-state index contributed by atoms with van der Waals surface area (Å²) in [5.74, 6) is -0.212. The molecule has 0 fully saturated rings. The number of thiazole rings is 1. The average molecular weight is 574 g/mol. The first-order valence-corrected chi connectivity index (χ1v) is 14.4. The zero-order valence-corrected chi connectivity index (χ0v) is 24.3. The molecule has 0 atom stereocenters. The molecule has 1 amide bonds. The van der Waals surface area contributed by atoms with Crippen LogP contribution in [0.25, 0.3) is 10.2 Å². The van der Waals surface area contributed by atoms with Crippen LogP contribution < -0.4 is 4.90 Å². The summed E-state index contributed by atoms with van der Waals surface area (Å²) in [6, 6.07) is 11.7. The fourth-order valence-electron chi connectivity index (χ4n) is 3.69. The molecular formula is C25H34Cl2N4O3S2. The number of anilines is 1. The molecule has 198 valence electrons. The zero-order chi connectivity index (χ0) is 25.6. The van der Waals surface area contributed by atoms with E-state index in [1.54, 1.807) is 23.1 Å². The number of carbonyl (C=O) groups excluding carboxylic acids is 1. The number of hydrogen-bond donors (Lipinski definition) is 0. The van der Waals surface area contributed by atoms with E-state index in [2.05, 4.69) is 9.88 Å². The largest absolute Gasteiger partial charge is 0.309 e. The van der Waals surface area contributed by atoms with Gasteiger partial charge in [-0.3, -0.25) is 9.69 Å². The van der Waals surface area contributed by atoms with Crippen LogP contribution in [0.15, 0.2) is 47.4 Å². The maximum Gasteiger partial charge on any atom is 0.260 e. The lowest BCUT2D eigenvalue weighted by molar-refractivity contribution is 0.0986. The van der Waals surface area contributed by atoms with Gasteiger partial charge in [-0.05, 0) is 75.9 Å². The Balaban J connectivity index is 0.00000456. The van der Waals surface area contributed by atoms with Gasteiger partial charge in [0, 0.05) is 30.2 Å². The number of unbranched alkanes of at least 4 members (excludes halogenated alkanes) is 1. The molecule has 0 saturated carbocycles. The number of aromatic nitrogens is 1. The summed E-state index contributed by atoms with van der Waals surface area (Å²) in [4.78, 5) is 22.2. The minimum atomic E-state index is -3.60. The minimum absolute atomic E-state index is 0. The van der Waals surface area contributed by atoms with Gasteiger partial charge in [-0.2, -0.15) is 4.31 Å². The lowest BCUT2D eigenvalue weighted by Crippen LogP contribution is -2.34. The number of carbonyl (C=O) groups is 1. The van der Waals surface area contributed by atoms with Gasteiger partial charge in [-0.1, -0.05) is 43.2 Å². The topological polar surface area (TPSA) is 73.8 Å². The second kappa shape index (κ2) is 13.7. The Hall–Kier alpha value is -1.75. The predicted molar refractivity (Wildman–Crippen MR) is 153 cm³/mol. The van der Waals surface area contributed by atoms with Crippen LogP contribution in [0.2, 0.25) is 5.02 Å². The van der Waals surface area contributed by atoms with Crippen LogP contribution in [0.5, 0.6) is 0 Å². The molecule has 0 unspecified atom stereocenters. The summed E-state index contributed by atoms with van der Waals surface area (Å²) in [6.07, 6.45) is 2.49. The van der Waals surface area contributed by atoms with Crippen LogP contribution in [0.3, 0.4) is 0 Å². The van der Waals surface area contributed by atoms with E-state index < -0.39 is 10.0 Å². The summed E-state index contributed by atoms with van der Waals surface area (Å²) in [5, 5.41) is 1.22. The molecule has 0 aliphatic rings. The Labute approximate surface area is 229 Å². The number of hydrogen-bond acceptors (Lipinski definition) is 6. The van der Waals surface area contributed by atoms with Gasteiger partial charge in [0.2, 0.25) is 10.0 Å². The standard InChI is InChI=1S/C25H33ClN4O3S2.ClH/c1-5-7-16-29(6-2)35(32,33)21-12-9-19(10-13-21)24(31)30(17-8-15-28(3)4)25-27-22-14-11-20(26)18-23(22)34-25;/h9-14,18H,5-8,15-17H2,1-4H3;1H. The monoisotopic (exact) mass is 572 g/mol. The summed E-state index contributed by atoms with van der Waals surface area (Å²) < 4.78 is 28.5. The molecule has 3 aromatic rings. The van der Waals surface area contributed by atoms with E-state index >= 15 is 0 Å². The highest BCUT2D eigenvalue weighted by molar-refractivity contribution is 7.89. The highest BCUT2D eigenvalue weighted by Crippen LogP contribution is 2.32. The Kier molecular flexibility index (Phi) is 11.6. The van der Waals surface area contributed by atoms with Crippen LogP contribution in [0, 0.1) is 0 Å². The molecule has 7 nitrogen and oxygen atoms in total. The molecule has 0 radical (unpaired) electrons. The van der Waals surface area contributed by atoms with Crippen molar-refractivity contribution < 1.29 is 13.2 Å². The number of halogens is 2. The van der Waals surface area contributed by atoms with Crippen molar-refractivity contribution in [3.8, 4) is 0 Å². The normalized spacial score (nSPS) is 11.8. The lowest BCUT2D eigenvalue weighted by atomic mass is 10.2. The third-order valence-corrected chi connectivity index (χ3v) is 8.92. The van der Waals surface area contributed by atoms with E-state index in [4.69, 9.17) is 11.6 Å². The molecule has 11 heteroatoms. The fraction of sp³-hybridized carbons (Fsp3) is 0.440. The molecule has 1 heterocycles. The highest BCUT2D eigenvalue weighted by Gasteiger charge is 2.25. The molecule has 1 aromatic heterocycles. The smallest absolute Gasteiger partial charge is 0.260 e. The predicted octanol–water partition coefficient (Wildman–Crippen LogP) is 5.78. The molecular weight excluding hydrogens is 539 g/mol. The van der Waals surface area contributed by atoms with E-state index in [1.807, 2.05) is 40.1 Å². The van der Waals surface area contributed by atoms with Gasteiger partial charge in [0.25, 0.3) is 5.91 Å². The number of rotatable bonds is 12. The van der Waals surface area contributed by atoms with Crippen molar-refractivity contribution in [2.75, 3.05) is 45.2 Å². The van der Waals surface area contributed by atoms with E-state index in [1.165, 1.54) is 27.8 Å². The quantitative estimate of drug-likeness (QED) is 0.275. The number of benzene rings is 2. The number of sulfonamides is 1. The minimum Gasteiger partial charge on any atom is -0.309 e. The van der Waals surface area contributed by atoms with Crippen molar-refractivity contribution in [3.63, 3.8) is 0 Å². The summed E-state index contributed by atoms with van der Waals surface area (Å²) in [7, 11) is 0.379. The van der Waals surface area contributed by atoms with Gasteiger partial charge in [0.15, 0.2) is 5.13 Å². The van der Waals surface area contributed by atoms with Crippen LogP contribution in [0.1, 0.15) is 43.5 Å². The first-order valence-electron chi connectivity index (χ1n) is 11.8. The summed E-state index contributed by atoms with van der Waals surface area (Å²) >= 11 is 7.55. The molecule has 0 spiro atoms. The van der Waals surface area contributed by atoms with E-state index in [0.717, 1.165) is 36.0 Å². The van der Waals surface area contributed by atoms with Crippen molar-refractivity contribution in [1.29, 1.82) is 0 Å². The molecule has 0 bridgehead atoms. The SMILES string of the molecule is CCCCN(CC)S(=O)(=O)c1ccc(C(=O)N(CCCN(C)C)c2nc3ccc(Cl)cc3s2)cc1.Cl. The highest BCUT2D eigenvalue weighted by atomic mass is 35.5. The van der Waals surface area contributed by atoms with Crippen molar-refractivity contribution in [2.24, 2.45) is 0 Å². The second-order valence-corrected chi connectivity index (χ2v) is 12.0. The Bertz CT molecular complexity index is 1250. The van der Waals surface area contributed by atoms with Crippen LogP contribution >= 0.6 is 35.3 Å². The van der Waals surface area contributed by atoms with Crippen molar-refractivity contribution in [3.05, 3.63) is 53.1 Å². The van der Waals surface area contributed by atoms with Gasteiger partial charge < -0.3 is 4.90 Å². The Morgan fingerprint density at radius 2 is 1.69 bits per heavy atom. The number of fused-ring (bicyclic) bond motifs is 1. The molecule has 0 saturated heterocycles. The first kappa shape index (κ1) is 30.5. The van der Waals surface area contributed by atoms with Gasteiger partial charge in [-0.15, -0.1) is 12.4 Å². The van der Waals surface area contributed by atoms with Gasteiger partial charge >= 0.3 is 0 Å². The average Bonchev–Trinajstić information content (AvgIpc) is 3.24. The van der Waals surface area contributed by atoms with Crippen LogP contribution in [-0.4, -0.2) is 68.8 Å². The molecule has 3 rings (SSSR count). The molecule has 2 aromatic carbocycles. The van der Waals surface area contributed by atoms with Crippen molar-refractivity contribution in [1.82, 2.24) is 14.2 Å². The Morgan fingerprint density at radius 1 is 1.00 bits per heavy atom. The maximum absolute atomic E-state index is 13.6. The number of nitrogens with zero attached hydrogens (tertiary/aromatic N) is 4. The lowest BCUT2D eigenvalue weighted by Gasteiger charge is -2.22.